The van der Waals surface area contributed by atoms with Crippen molar-refractivity contribution in [2.75, 3.05) is 13.2 Å². The minimum Gasteiger partial charge on any atom is -0.394 e. The summed E-state index contributed by atoms with van der Waals surface area (Å²) in [4.78, 5) is 13.1. The molecule has 0 aliphatic carbocycles. The highest BCUT2D eigenvalue weighted by Crippen LogP contribution is 2.23. The Kier molecular flexibility index (Phi) is 37.9. The first-order valence-corrected chi connectivity index (χ1v) is 25.2. The van der Waals surface area contributed by atoms with Crippen molar-refractivity contribution >= 4 is 5.91 Å². The van der Waals surface area contributed by atoms with Crippen LogP contribution in [0.15, 0.2) is 24.3 Å². The third-order valence-electron chi connectivity index (χ3n) is 12.2. The third-order valence-corrected chi connectivity index (χ3v) is 12.2. The predicted octanol–water partition coefficient (Wildman–Crippen LogP) is 9.01. The van der Waals surface area contributed by atoms with Crippen LogP contribution in [0, 0.1) is 0 Å². The standard InChI is InChI=1S/C50H95NO10/c1-3-5-7-9-11-13-15-16-17-18-19-20-21-22-23-24-25-26-28-30-32-34-36-38-43(54)49(59)51-41(40-60-50-48(58)47(57)46(56)44(39-52)61-50)45(55)42(53)37-35-33-31-29-27-14-12-10-8-6-4-2/h10,12,29,31,41-48,50,52-58H,3-9,11,13-28,30,32-40H2,1-2H3,(H,51,59)/b12-10+,31-29+. The van der Waals surface area contributed by atoms with E-state index >= 15 is 0 Å². The summed E-state index contributed by atoms with van der Waals surface area (Å²) in [6, 6.07) is -1.19. The van der Waals surface area contributed by atoms with Gasteiger partial charge in [0.2, 0.25) is 5.91 Å². The summed E-state index contributed by atoms with van der Waals surface area (Å²) < 4.78 is 11.1. The Morgan fingerprint density at radius 1 is 0.557 bits per heavy atom. The van der Waals surface area contributed by atoms with Gasteiger partial charge in [-0.3, -0.25) is 4.79 Å². The Morgan fingerprint density at radius 3 is 1.44 bits per heavy atom. The van der Waals surface area contributed by atoms with Gasteiger partial charge in [0.05, 0.1) is 25.4 Å². The van der Waals surface area contributed by atoms with Crippen molar-refractivity contribution in [2.45, 2.75) is 274 Å². The average Bonchev–Trinajstić information content (AvgIpc) is 3.26. The maximum Gasteiger partial charge on any atom is 0.249 e. The number of amides is 1. The highest BCUT2D eigenvalue weighted by molar-refractivity contribution is 5.80. The second-order valence-electron chi connectivity index (χ2n) is 17.9. The number of hydrogen-bond acceptors (Lipinski definition) is 10. The van der Waals surface area contributed by atoms with Gasteiger partial charge in [-0.05, 0) is 44.9 Å². The van der Waals surface area contributed by atoms with Gasteiger partial charge in [-0.25, -0.2) is 0 Å². The summed E-state index contributed by atoms with van der Waals surface area (Å²) in [7, 11) is 0. The van der Waals surface area contributed by atoms with Crippen LogP contribution in [0.25, 0.3) is 0 Å². The number of allylic oxidation sites excluding steroid dienone is 4. The monoisotopic (exact) mass is 870 g/mol. The minimum atomic E-state index is -1.67. The quantitative estimate of drug-likeness (QED) is 0.0217. The molecule has 9 atom stereocenters. The van der Waals surface area contributed by atoms with E-state index in [9.17, 15) is 40.5 Å². The molecule has 0 radical (unpaired) electrons. The molecule has 1 amide bonds. The van der Waals surface area contributed by atoms with E-state index < -0.39 is 74.2 Å². The van der Waals surface area contributed by atoms with Gasteiger partial charge in [0, 0.05) is 0 Å². The van der Waals surface area contributed by atoms with Crippen LogP contribution in [0.3, 0.4) is 0 Å². The molecule has 1 heterocycles. The number of nitrogens with one attached hydrogen (secondary N) is 1. The summed E-state index contributed by atoms with van der Waals surface area (Å²) in [6.45, 7) is 3.38. The lowest BCUT2D eigenvalue weighted by molar-refractivity contribution is -0.303. The first-order chi connectivity index (χ1) is 29.7. The van der Waals surface area contributed by atoms with Gasteiger partial charge in [0.1, 0.15) is 36.6 Å². The van der Waals surface area contributed by atoms with Crippen molar-refractivity contribution in [1.29, 1.82) is 0 Å². The van der Waals surface area contributed by atoms with E-state index in [1.807, 2.05) is 0 Å². The van der Waals surface area contributed by atoms with Crippen LogP contribution < -0.4 is 5.32 Å². The summed E-state index contributed by atoms with van der Waals surface area (Å²) in [5, 5.41) is 75.6. The maximum atomic E-state index is 13.1. The summed E-state index contributed by atoms with van der Waals surface area (Å²) in [6.07, 6.45) is 33.9. The summed E-state index contributed by atoms with van der Waals surface area (Å²) in [5.41, 5.74) is 0. The number of carbonyl (C=O) groups is 1. The number of unbranched alkanes of at least 4 members (excludes halogenated alkanes) is 26. The first-order valence-electron chi connectivity index (χ1n) is 25.2. The first kappa shape index (κ1) is 57.6. The normalized spacial score (nSPS) is 21.6. The topological polar surface area (TPSA) is 189 Å². The number of aliphatic hydroxyl groups is 7. The summed E-state index contributed by atoms with van der Waals surface area (Å²) >= 11 is 0. The third kappa shape index (κ3) is 29.6. The van der Waals surface area contributed by atoms with Crippen LogP contribution in [0.2, 0.25) is 0 Å². The van der Waals surface area contributed by atoms with Gasteiger partial charge in [0.25, 0.3) is 0 Å². The van der Waals surface area contributed by atoms with E-state index in [4.69, 9.17) is 9.47 Å². The molecule has 0 aromatic rings. The van der Waals surface area contributed by atoms with E-state index in [1.54, 1.807) is 0 Å². The Bertz CT molecular complexity index is 1040. The van der Waals surface area contributed by atoms with Gasteiger partial charge < -0.3 is 50.5 Å². The molecule has 1 saturated heterocycles. The lowest BCUT2D eigenvalue weighted by Crippen LogP contribution is -2.60. The van der Waals surface area contributed by atoms with Gasteiger partial charge in [-0.1, -0.05) is 199 Å². The van der Waals surface area contributed by atoms with Crippen LogP contribution >= 0.6 is 0 Å². The lowest BCUT2D eigenvalue weighted by atomic mass is 9.98. The van der Waals surface area contributed by atoms with Crippen molar-refractivity contribution < 1.29 is 50.0 Å². The highest BCUT2D eigenvalue weighted by Gasteiger charge is 2.44. The van der Waals surface area contributed by atoms with Crippen molar-refractivity contribution in [3.05, 3.63) is 24.3 Å². The van der Waals surface area contributed by atoms with Crippen LogP contribution in [-0.2, 0) is 14.3 Å². The lowest BCUT2D eigenvalue weighted by Gasteiger charge is -2.40. The van der Waals surface area contributed by atoms with Crippen molar-refractivity contribution in [3.63, 3.8) is 0 Å². The molecule has 9 unspecified atom stereocenters. The molecule has 8 N–H and O–H groups in total. The minimum absolute atomic E-state index is 0.247. The summed E-state index contributed by atoms with van der Waals surface area (Å²) in [5.74, 6) is -0.709. The number of rotatable bonds is 42. The molecule has 360 valence electrons. The molecule has 0 aromatic carbocycles. The zero-order valence-electron chi connectivity index (χ0n) is 38.9. The predicted molar refractivity (Wildman–Crippen MR) is 247 cm³/mol. The molecule has 1 rings (SSSR count). The fourth-order valence-corrected chi connectivity index (χ4v) is 8.03. The fraction of sp³-hybridized carbons (Fsp3) is 0.900. The fourth-order valence-electron chi connectivity index (χ4n) is 8.03. The molecule has 11 heteroatoms. The van der Waals surface area contributed by atoms with Crippen LogP contribution in [0.1, 0.15) is 219 Å². The number of aliphatic hydroxyl groups excluding tert-OH is 7. The Hall–Kier alpha value is -1.41. The van der Waals surface area contributed by atoms with E-state index in [1.165, 1.54) is 135 Å². The number of hydrogen-bond donors (Lipinski definition) is 8. The molecule has 1 aliphatic heterocycles. The van der Waals surface area contributed by atoms with Gasteiger partial charge >= 0.3 is 0 Å². The van der Waals surface area contributed by atoms with Gasteiger partial charge in [-0.15, -0.1) is 0 Å². The second kappa shape index (κ2) is 40.1. The highest BCUT2D eigenvalue weighted by atomic mass is 16.7. The van der Waals surface area contributed by atoms with Crippen LogP contribution in [0.4, 0.5) is 0 Å². The van der Waals surface area contributed by atoms with Crippen LogP contribution in [0.5, 0.6) is 0 Å². The van der Waals surface area contributed by atoms with E-state index in [0.717, 1.165) is 38.5 Å². The van der Waals surface area contributed by atoms with Crippen LogP contribution in [-0.4, -0.2) is 110 Å². The van der Waals surface area contributed by atoms with Crippen molar-refractivity contribution in [3.8, 4) is 0 Å². The molecule has 0 aromatic heterocycles. The Balaban J connectivity index is 2.33. The largest absolute Gasteiger partial charge is 0.394 e. The van der Waals surface area contributed by atoms with E-state index in [0.29, 0.717) is 19.3 Å². The number of ether oxygens (including phenoxy) is 2. The van der Waals surface area contributed by atoms with E-state index in [-0.39, 0.29) is 12.8 Å². The average molecular weight is 870 g/mol. The van der Waals surface area contributed by atoms with E-state index in [2.05, 4.69) is 43.5 Å². The van der Waals surface area contributed by atoms with Crippen molar-refractivity contribution in [1.82, 2.24) is 5.32 Å². The molecule has 0 bridgehead atoms. The SMILES string of the molecule is CCCC/C=C/CC/C=C/CCCC(O)C(O)C(COC1OC(CO)C(O)C(O)C1O)NC(=O)C(O)CCCCCCCCCCCCCCCCCCCCCCCCC. The molecule has 1 fully saturated rings. The second-order valence-corrected chi connectivity index (χ2v) is 17.9. The zero-order chi connectivity index (χ0) is 44.8. The molecule has 11 nitrogen and oxygen atoms in total. The van der Waals surface area contributed by atoms with Gasteiger partial charge in [0.15, 0.2) is 6.29 Å². The van der Waals surface area contributed by atoms with Crippen molar-refractivity contribution in [2.24, 2.45) is 0 Å². The molecule has 61 heavy (non-hydrogen) atoms. The smallest absolute Gasteiger partial charge is 0.249 e. The molecular weight excluding hydrogens is 775 g/mol. The Labute approximate surface area is 372 Å². The molecule has 0 saturated carbocycles. The Morgan fingerprint density at radius 2 is 0.984 bits per heavy atom. The maximum absolute atomic E-state index is 13.1. The molecular formula is C50H95NO10. The van der Waals surface area contributed by atoms with Gasteiger partial charge in [-0.2, -0.15) is 0 Å². The molecule has 0 spiro atoms. The molecule has 1 aliphatic rings. The number of carbonyl (C=O) groups excluding carboxylic acids is 1. The zero-order valence-corrected chi connectivity index (χ0v) is 38.9.